The van der Waals surface area contributed by atoms with Crippen molar-refractivity contribution in [3.63, 3.8) is 0 Å². The van der Waals surface area contributed by atoms with Crippen LogP contribution in [0.5, 0.6) is 0 Å². The summed E-state index contributed by atoms with van der Waals surface area (Å²) in [5.74, 6) is 1.53. The van der Waals surface area contributed by atoms with Gasteiger partial charge in [0.25, 0.3) is 0 Å². The average molecular weight is 181 g/mol. The lowest BCUT2D eigenvalue weighted by Crippen LogP contribution is -2.17. The lowest BCUT2D eigenvalue weighted by atomic mass is 10.2. The Morgan fingerprint density at radius 1 is 1.58 bits per heavy atom. The second kappa shape index (κ2) is 2.86. The van der Waals surface area contributed by atoms with Crippen molar-refractivity contribution >= 4 is 11.3 Å². The summed E-state index contributed by atoms with van der Waals surface area (Å²) in [6, 6.07) is 4.83. The van der Waals surface area contributed by atoms with Crippen molar-refractivity contribution in [2.24, 2.45) is 11.7 Å². The Morgan fingerprint density at radius 3 is 2.75 bits per heavy atom. The summed E-state index contributed by atoms with van der Waals surface area (Å²) in [6.45, 7) is 4.28. The third-order valence-electron chi connectivity index (χ3n) is 2.64. The van der Waals surface area contributed by atoms with Crippen molar-refractivity contribution in [3.8, 4) is 0 Å². The number of hydrogen-bond acceptors (Lipinski definition) is 2. The molecule has 0 aliphatic heterocycles. The Balaban J connectivity index is 2.05. The fourth-order valence-corrected chi connectivity index (χ4v) is 2.84. The Kier molecular flexibility index (Phi) is 1.97. The summed E-state index contributed by atoms with van der Waals surface area (Å²) in [5.41, 5.74) is 5.84. The van der Waals surface area contributed by atoms with Gasteiger partial charge in [0.15, 0.2) is 0 Å². The molecule has 1 aromatic heterocycles. The zero-order valence-electron chi connectivity index (χ0n) is 7.58. The highest BCUT2D eigenvalue weighted by molar-refractivity contribution is 7.12. The molecule has 1 nitrogen and oxygen atoms in total. The first-order chi connectivity index (χ1) is 5.68. The summed E-state index contributed by atoms with van der Waals surface area (Å²) >= 11 is 1.92. The zero-order valence-corrected chi connectivity index (χ0v) is 8.40. The molecule has 0 spiro atoms. The van der Waals surface area contributed by atoms with Gasteiger partial charge in [-0.1, -0.05) is 0 Å². The molecule has 3 atom stereocenters. The van der Waals surface area contributed by atoms with Gasteiger partial charge in [0.05, 0.1) is 0 Å². The van der Waals surface area contributed by atoms with Crippen LogP contribution in [0, 0.1) is 12.8 Å². The SMILES string of the molecule is Cc1ccc(C2CC2C(C)N)s1. The minimum absolute atomic E-state index is 0.373. The van der Waals surface area contributed by atoms with Crippen molar-refractivity contribution in [2.45, 2.75) is 32.2 Å². The monoisotopic (exact) mass is 181 g/mol. The summed E-state index contributed by atoms with van der Waals surface area (Å²) < 4.78 is 0. The van der Waals surface area contributed by atoms with Crippen LogP contribution in [0.1, 0.15) is 29.0 Å². The first-order valence-electron chi connectivity index (χ1n) is 4.50. The van der Waals surface area contributed by atoms with E-state index in [0.717, 1.165) is 11.8 Å². The van der Waals surface area contributed by atoms with Crippen LogP contribution in [0.3, 0.4) is 0 Å². The van der Waals surface area contributed by atoms with Crippen molar-refractivity contribution in [1.82, 2.24) is 0 Å². The van der Waals surface area contributed by atoms with Crippen LogP contribution >= 0.6 is 11.3 Å². The molecule has 0 amide bonds. The van der Waals surface area contributed by atoms with Crippen molar-refractivity contribution in [3.05, 3.63) is 21.9 Å². The second-order valence-corrected chi connectivity index (χ2v) is 5.13. The number of aryl methyl sites for hydroxylation is 1. The molecule has 0 aromatic carbocycles. The number of thiophene rings is 1. The predicted molar refractivity (Wildman–Crippen MR) is 53.6 cm³/mol. The highest BCUT2D eigenvalue weighted by atomic mass is 32.1. The van der Waals surface area contributed by atoms with Crippen LogP contribution in [-0.2, 0) is 0 Å². The molecule has 66 valence electrons. The molecule has 2 rings (SSSR count). The number of nitrogens with two attached hydrogens (primary N) is 1. The van der Waals surface area contributed by atoms with Gasteiger partial charge in [0, 0.05) is 15.8 Å². The van der Waals surface area contributed by atoms with E-state index in [1.165, 1.54) is 16.2 Å². The van der Waals surface area contributed by atoms with E-state index in [2.05, 4.69) is 26.0 Å². The lowest BCUT2D eigenvalue weighted by molar-refractivity contribution is 0.633. The molecule has 1 saturated carbocycles. The second-order valence-electron chi connectivity index (χ2n) is 3.81. The minimum Gasteiger partial charge on any atom is -0.328 e. The molecule has 3 unspecified atom stereocenters. The van der Waals surface area contributed by atoms with Crippen molar-refractivity contribution < 1.29 is 0 Å². The van der Waals surface area contributed by atoms with Crippen molar-refractivity contribution in [2.75, 3.05) is 0 Å². The van der Waals surface area contributed by atoms with E-state index in [0.29, 0.717) is 6.04 Å². The minimum atomic E-state index is 0.373. The first kappa shape index (κ1) is 8.27. The molecule has 1 aromatic rings. The maximum atomic E-state index is 5.84. The van der Waals surface area contributed by atoms with Gasteiger partial charge in [-0.15, -0.1) is 11.3 Å². The van der Waals surface area contributed by atoms with Crippen LogP contribution in [0.4, 0.5) is 0 Å². The summed E-state index contributed by atoms with van der Waals surface area (Å²) in [7, 11) is 0. The van der Waals surface area contributed by atoms with E-state index < -0.39 is 0 Å². The quantitative estimate of drug-likeness (QED) is 0.745. The molecule has 2 N–H and O–H groups in total. The lowest BCUT2D eigenvalue weighted by Gasteiger charge is -2.00. The highest BCUT2D eigenvalue weighted by Gasteiger charge is 2.41. The van der Waals surface area contributed by atoms with Crippen LogP contribution in [0.2, 0.25) is 0 Å². The molecule has 1 heterocycles. The van der Waals surface area contributed by atoms with Gasteiger partial charge >= 0.3 is 0 Å². The van der Waals surface area contributed by atoms with Crippen LogP contribution in [0.25, 0.3) is 0 Å². The average Bonchev–Trinajstić information content (AvgIpc) is 2.70. The van der Waals surface area contributed by atoms with Crippen molar-refractivity contribution in [1.29, 1.82) is 0 Å². The van der Waals surface area contributed by atoms with E-state index in [9.17, 15) is 0 Å². The molecular formula is C10H15NS. The number of hydrogen-bond donors (Lipinski definition) is 1. The molecule has 1 fully saturated rings. The number of rotatable bonds is 2. The summed E-state index contributed by atoms with van der Waals surface area (Å²) in [4.78, 5) is 2.95. The molecule has 12 heavy (non-hydrogen) atoms. The van der Waals surface area contributed by atoms with Crippen LogP contribution < -0.4 is 5.73 Å². The van der Waals surface area contributed by atoms with Gasteiger partial charge in [-0.05, 0) is 44.2 Å². The maximum absolute atomic E-state index is 5.84. The predicted octanol–water partition coefficient (Wildman–Crippen LogP) is 2.51. The maximum Gasteiger partial charge on any atom is 0.00825 e. The Bertz CT molecular complexity index is 277. The van der Waals surface area contributed by atoms with Gasteiger partial charge in [0.2, 0.25) is 0 Å². The fraction of sp³-hybridized carbons (Fsp3) is 0.600. The fourth-order valence-electron chi connectivity index (χ4n) is 1.78. The highest BCUT2D eigenvalue weighted by Crippen LogP contribution is 2.50. The summed E-state index contributed by atoms with van der Waals surface area (Å²) in [5, 5.41) is 0. The zero-order chi connectivity index (χ0) is 8.72. The molecular weight excluding hydrogens is 166 g/mol. The third-order valence-corrected chi connectivity index (χ3v) is 3.77. The van der Waals surface area contributed by atoms with E-state index >= 15 is 0 Å². The molecule has 0 radical (unpaired) electrons. The Morgan fingerprint density at radius 2 is 2.33 bits per heavy atom. The van der Waals surface area contributed by atoms with E-state index in [-0.39, 0.29) is 0 Å². The van der Waals surface area contributed by atoms with Gasteiger partial charge in [-0.25, -0.2) is 0 Å². The Labute approximate surface area is 77.6 Å². The first-order valence-corrected chi connectivity index (χ1v) is 5.32. The molecule has 2 heteroatoms. The van der Waals surface area contributed by atoms with Gasteiger partial charge in [-0.3, -0.25) is 0 Å². The largest absolute Gasteiger partial charge is 0.328 e. The Hall–Kier alpha value is -0.340. The van der Waals surface area contributed by atoms with E-state index in [4.69, 9.17) is 5.73 Å². The van der Waals surface area contributed by atoms with Gasteiger partial charge < -0.3 is 5.73 Å². The topological polar surface area (TPSA) is 26.0 Å². The van der Waals surface area contributed by atoms with Crippen LogP contribution in [0.15, 0.2) is 12.1 Å². The molecule has 0 bridgehead atoms. The summed E-state index contributed by atoms with van der Waals surface area (Å²) in [6.07, 6.45) is 1.30. The van der Waals surface area contributed by atoms with E-state index in [1.54, 1.807) is 0 Å². The normalized spacial score (nSPS) is 30.2. The molecule has 1 aliphatic carbocycles. The van der Waals surface area contributed by atoms with Crippen LogP contribution in [-0.4, -0.2) is 6.04 Å². The molecule has 0 saturated heterocycles. The molecule has 1 aliphatic rings. The van der Waals surface area contributed by atoms with Gasteiger partial charge in [0.1, 0.15) is 0 Å². The van der Waals surface area contributed by atoms with E-state index in [1.807, 2.05) is 11.3 Å². The van der Waals surface area contributed by atoms with Gasteiger partial charge in [-0.2, -0.15) is 0 Å². The smallest absolute Gasteiger partial charge is 0.00825 e. The standard InChI is InChI=1S/C10H15NS/c1-6-3-4-10(12-6)9-5-8(9)7(2)11/h3-4,7-9H,5,11H2,1-2H3. The third kappa shape index (κ3) is 1.41.